The quantitative estimate of drug-likeness (QED) is 0.456. The molecule has 0 saturated heterocycles. The van der Waals surface area contributed by atoms with E-state index in [1.54, 1.807) is 0 Å². The van der Waals surface area contributed by atoms with Gasteiger partial charge < -0.3 is 19.8 Å². The number of carbonyl (C=O) groups is 1. The molecule has 2 N–H and O–H groups in total. The largest absolute Gasteiger partial charge is 0.497 e. The normalized spacial score (nSPS) is 10.4. The van der Waals surface area contributed by atoms with Crippen molar-refractivity contribution in [3.63, 3.8) is 0 Å². The number of oxime groups is 1. The van der Waals surface area contributed by atoms with Gasteiger partial charge in [0, 0.05) is 11.6 Å². The molecule has 0 aliphatic carbocycles. The molecule has 0 heterocycles. The molecule has 1 rings (SSSR count). The number of hydrogen-bond donors (Lipinski definition) is 2. The van der Waals surface area contributed by atoms with Crippen LogP contribution >= 0.6 is 0 Å². The van der Waals surface area contributed by atoms with E-state index >= 15 is 0 Å². The van der Waals surface area contributed by atoms with Crippen molar-refractivity contribution in [1.29, 1.82) is 0 Å². The predicted octanol–water partition coefficient (Wildman–Crippen LogP) is 1.21. The van der Waals surface area contributed by atoms with Gasteiger partial charge in [-0.3, -0.25) is 0 Å². The molecular formula is C10H11NO5. The van der Waals surface area contributed by atoms with Crippen molar-refractivity contribution in [3.8, 4) is 11.5 Å². The number of carboxylic acids is 1. The zero-order valence-electron chi connectivity index (χ0n) is 8.80. The molecule has 6 nitrogen and oxygen atoms in total. The van der Waals surface area contributed by atoms with E-state index < -0.39 is 5.97 Å². The number of carboxylic acid groups (broad SMARTS) is 1. The van der Waals surface area contributed by atoms with Gasteiger partial charge in [-0.1, -0.05) is 5.16 Å². The van der Waals surface area contributed by atoms with E-state index in [1.807, 2.05) is 0 Å². The first-order chi connectivity index (χ1) is 7.63. The lowest BCUT2D eigenvalue weighted by atomic mass is 10.1. The molecule has 1 aromatic carbocycles. The van der Waals surface area contributed by atoms with Crippen LogP contribution in [0.25, 0.3) is 0 Å². The summed E-state index contributed by atoms with van der Waals surface area (Å²) >= 11 is 0. The average molecular weight is 225 g/mol. The van der Waals surface area contributed by atoms with Crippen molar-refractivity contribution in [2.45, 2.75) is 0 Å². The SMILES string of the molecule is COc1cc(C=NO)c(C(=O)O)c(OC)c1. The van der Waals surface area contributed by atoms with Crippen LogP contribution in [-0.2, 0) is 0 Å². The Labute approximate surface area is 91.7 Å². The Balaban J connectivity index is 3.46. The topological polar surface area (TPSA) is 88.4 Å². The van der Waals surface area contributed by atoms with E-state index in [9.17, 15) is 4.79 Å². The van der Waals surface area contributed by atoms with Gasteiger partial charge in [-0.05, 0) is 6.07 Å². The molecule has 0 radical (unpaired) electrons. The standard InChI is InChI=1S/C10H11NO5/c1-15-7-3-6(5-11-14)9(10(12)13)8(4-7)16-2/h3-5,14H,1-2H3,(H,12,13). The molecule has 0 saturated carbocycles. The van der Waals surface area contributed by atoms with Crippen molar-refractivity contribution in [3.05, 3.63) is 23.3 Å². The van der Waals surface area contributed by atoms with Crippen LogP contribution in [0.1, 0.15) is 15.9 Å². The summed E-state index contributed by atoms with van der Waals surface area (Å²) in [6.07, 6.45) is 1.01. The first-order valence-corrected chi connectivity index (χ1v) is 4.30. The van der Waals surface area contributed by atoms with Crippen molar-refractivity contribution in [2.24, 2.45) is 5.16 Å². The minimum atomic E-state index is -1.17. The summed E-state index contributed by atoms with van der Waals surface area (Å²) in [4.78, 5) is 11.0. The van der Waals surface area contributed by atoms with E-state index in [0.717, 1.165) is 6.21 Å². The Hall–Kier alpha value is -2.24. The molecule has 0 spiro atoms. The van der Waals surface area contributed by atoms with Crippen LogP contribution in [0.3, 0.4) is 0 Å². The third kappa shape index (κ3) is 2.22. The summed E-state index contributed by atoms with van der Waals surface area (Å²) < 4.78 is 9.89. The molecule has 0 atom stereocenters. The van der Waals surface area contributed by atoms with Crippen LogP contribution in [0, 0.1) is 0 Å². The highest BCUT2D eigenvalue weighted by Gasteiger charge is 2.17. The van der Waals surface area contributed by atoms with Crippen LogP contribution < -0.4 is 9.47 Å². The van der Waals surface area contributed by atoms with E-state index in [-0.39, 0.29) is 16.9 Å². The Morgan fingerprint density at radius 3 is 2.50 bits per heavy atom. The number of rotatable bonds is 4. The minimum absolute atomic E-state index is 0.0823. The van der Waals surface area contributed by atoms with Gasteiger partial charge in [-0.25, -0.2) is 4.79 Å². The first kappa shape index (κ1) is 11.8. The van der Waals surface area contributed by atoms with E-state index in [4.69, 9.17) is 19.8 Å². The average Bonchev–Trinajstić information content (AvgIpc) is 2.27. The fraction of sp³-hybridized carbons (Fsp3) is 0.200. The number of hydrogen-bond acceptors (Lipinski definition) is 5. The van der Waals surface area contributed by atoms with E-state index in [1.165, 1.54) is 26.4 Å². The maximum absolute atomic E-state index is 11.0. The fourth-order valence-corrected chi connectivity index (χ4v) is 1.28. The molecule has 0 aromatic heterocycles. The number of benzene rings is 1. The smallest absolute Gasteiger partial charge is 0.340 e. The molecule has 0 amide bonds. The van der Waals surface area contributed by atoms with Crippen LogP contribution in [-0.4, -0.2) is 36.7 Å². The molecule has 0 aliphatic rings. The van der Waals surface area contributed by atoms with Crippen molar-refractivity contribution in [2.75, 3.05) is 14.2 Å². The Kier molecular flexibility index (Phi) is 3.71. The van der Waals surface area contributed by atoms with Gasteiger partial charge >= 0.3 is 5.97 Å². The maximum atomic E-state index is 11.0. The molecule has 0 aliphatic heterocycles. The zero-order valence-corrected chi connectivity index (χ0v) is 8.80. The van der Waals surface area contributed by atoms with Crippen LogP contribution in [0.5, 0.6) is 11.5 Å². The fourth-order valence-electron chi connectivity index (χ4n) is 1.28. The highest BCUT2D eigenvalue weighted by Crippen LogP contribution is 2.27. The summed E-state index contributed by atoms with van der Waals surface area (Å²) in [7, 11) is 2.79. The van der Waals surface area contributed by atoms with E-state index in [0.29, 0.717) is 5.75 Å². The molecule has 6 heteroatoms. The third-order valence-corrected chi connectivity index (χ3v) is 1.97. The molecule has 1 aromatic rings. The van der Waals surface area contributed by atoms with Gasteiger partial charge in [0.05, 0.1) is 20.4 Å². The predicted molar refractivity (Wildman–Crippen MR) is 55.9 cm³/mol. The van der Waals surface area contributed by atoms with Gasteiger partial charge in [-0.2, -0.15) is 0 Å². The summed E-state index contributed by atoms with van der Waals surface area (Å²) in [5.74, 6) is -0.618. The molecular weight excluding hydrogens is 214 g/mol. The summed E-state index contributed by atoms with van der Waals surface area (Å²) in [5, 5.41) is 20.3. The Morgan fingerprint density at radius 2 is 2.06 bits per heavy atom. The zero-order chi connectivity index (χ0) is 12.1. The van der Waals surface area contributed by atoms with Gasteiger partial charge in [0.2, 0.25) is 0 Å². The lowest BCUT2D eigenvalue weighted by molar-refractivity contribution is 0.0693. The third-order valence-electron chi connectivity index (χ3n) is 1.97. The second-order valence-corrected chi connectivity index (χ2v) is 2.84. The highest BCUT2D eigenvalue weighted by atomic mass is 16.5. The van der Waals surface area contributed by atoms with Gasteiger partial charge in [0.25, 0.3) is 0 Å². The van der Waals surface area contributed by atoms with Crippen molar-refractivity contribution in [1.82, 2.24) is 0 Å². The molecule has 86 valence electrons. The number of nitrogens with zero attached hydrogens (tertiary/aromatic N) is 1. The number of methoxy groups -OCH3 is 2. The van der Waals surface area contributed by atoms with Gasteiger partial charge in [0.15, 0.2) is 0 Å². The molecule has 0 unspecified atom stereocenters. The second-order valence-electron chi connectivity index (χ2n) is 2.84. The van der Waals surface area contributed by atoms with Crippen LogP contribution in [0.4, 0.5) is 0 Å². The van der Waals surface area contributed by atoms with Gasteiger partial charge in [-0.15, -0.1) is 0 Å². The van der Waals surface area contributed by atoms with E-state index in [2.05, 4.69) is 5.16 Å². The monoisotopic (exact) mass is 225 g/mol. The second kappa shape index (κ2) is 5.01. The number of aromatic carboxylic acids is 1. The Bertz CT molecular complexity index is 427. The summed E-state index contributed by atoms with van der Waals surface area (Å²) in [6, 6.07) is 2.88. The molecule has 16 heavy (non-hydrogen) atoms. The maximum Gasteiger partial charge on any atom is 0.340 e. The van der Waals surface area contributed by atoms with Crippen LogP contribution in [0.15, 0.2) is 17.3 Å². The first-order valence-electron chi connectivity index (χ1n) is 4.30. The number of ether oxygens (including phenoxy) is 2. The van der Waals surface area contributed by atoms with Crippen molar-refractivity contribution < 1.29 is 24.6 Å². The molecule has 0 fully saturated rings. The molecule has 0 bridgehead atoms. The summed E-state index contributed by atoms with van der Waals surface area (Å²) in [5.41, 5.74) is 0.118. The summed E-state index contributed by atoms with van der Waals surface area (Å²) in [6.45, 7) is 0. The Morgan fingerprint density at radius 1 is 1.38 bits per heavy atom. The van der Waals surface area contributed by atoms with Crippen LogP contribution in [0.2, 0.25) is 0 Å². The minimum Gasteiger partial charge on any atom is -0.497 e. The van der Waals surface area contributed by atoms with Crippen molar-refractivity contribution >= 4 is 12.2 Å². The lowest BCUT2D eigenvalue weighted by Gasteiger charge is -2.10. The lowest BCUT2D eigenvalue weighted by Crippen LogP contribution is -2.06. The van der Waals surface area contributed by atoms with Gasteiger partial charge in [0.1, 0.15) is 17.1 Å². The highest BCUT2D eigenvalue weighted by molar-refractivity contribution is 6.01.